The van der Waals surface area contributed by atoms with Crippen molar-refractivity contribution in [2.45, 2.75) is 63.7 Å². The van der Waals surface area contributed by atoms with E-state index in [1.54, 1.807) is 0 Å². The molecule has 0 aromatic heterocycles. The highest BCUT2D eigenvalue weighted by Crippen LogP contribution is 2.42. The van der Waals surface area contributed by atoms with Gasteiger partial charge in [-0.3, -0.25) is 4.79 Å². The van der Waals surface area contributed by atoms with Gasteiger partial charge in [-0.05, 0) is 75.6 Å². The van der Waals surface area contributed by atoms with E-state index < -0.39 is 0 Å². The Morgan fingerprint density at radius 3 is 2.39 bits per heavy atom. The van der Waals surface area contributed by atoms with E-state index in [1.165, 1.54) is 70.1 Å². The van der Waals surface area contributed by atoms with Gasteiger partial charge in [0.15, 0.2) is 11.5 Å². The van der Waals surface area contributed by atoms with Crippen LogP contribution in [0.4, 0.5) is 0 Å². The first-order valence-corrected chi connectivity index (χ1v) is 12.4. The van der Waals surface area contributed by atoms with Gasteiger partial charge in [-0.2, -0.15) is 0 Å². The van der Waals surface area contributed by atoms with Gasteiger partial charge < -0.3 is 19.1 Å². The predicted molar refractivity (Wildman–Crippen MR) is 120 cm³/mol. The molecule has 0 bridgehead atoms. The maximum absolute atomic E-state index is 12.2. The minimum absolute atomic E-state index is 0.358. The van der Waals surface area contributed by atoms with Crippen LogP contribution in [0, 0.1) is 17.8 Å². The number of carbonyl (C=O) groups excluding carboxylic acids is 1. The van der Waals surface area contributed by atoms with Crippen molar-refractivity contribution >= 4 is 5.78 Å². The minimum atomic E-state index is 0.358. The summed E-state index contributed by atoms with van der Waals surface area (Å²) in [6.45, 7) is 5.55. The smallest absolute Gasteiger partial charge is 0.231 e. The number of para-hydroxylation sites is 1. The van der Waals surface area contributed by atoms with Crippen LogP contribution in [0.25, 0.3) is 0 Å². The molecule has 5 nitrogen and oxygen atoms in total. The number of fused-ring (bicyclic) bond motifs is 1. The summed E-state index contributed by atoms with van der Waals surface area (Å²) in [6.07, 6.45) is 10.4. The van der Waals surface area contributed by atoms with Gasteiger partial charge in [-0.1, -0.05) is 25.0 Å². The molecule has 5 rings (SSSR count). The van der Waals surface area contributed by atoms with Gasteiger partial charge in [-0.25, -0.2) is 0 Å². The molecule has 0 amide bonds. The lowest BCUT2D eigenvalue weighted by Gasteiger charge is -2.34. The van der Waals surface area contributed by atoms with Gasteiger partial charge in [-0.15, -0.1) is 0 Å². The number of likely N-dealkylation sites (tertiary alicyclic amines) is 1. The Labute approximate surface area is 186 Å². The van der Waals surface area contributed by atoms with E-state index in [0.29, 0.717) is 30.3 Å². The first-order valence-electron chi connectivity index (χ1n) is 12.4. The van der Waals surface area contributed by atoms with Crippen molar-refractivity contribution in [1.82, 2.24) is 4.90 Å². The number of nitrogens with zero attached hydrogens (tertiary/aromatic N) is 1. The van der Waals surface area contributed by atoms with Crippen molar-refractivity contribution < 1.29 is 19.0 Å². The van der Waals surface area contributed by atoms with Crippen LogP contribution >= 0.6 is 0 Å². The molecule has 3 fully saturated rings. The Bertz CT molecular complexity index is 746. The number of ketones is 1. The molecular formula is C26H37NO4. The average Bonchev–Trinajstić information content (AvgIpc) is 3.25. The fourth-order valence-corrected chi connectivity index (χ4v) is 5.96. The zero-order valence-electron chi connectivity index (χ0n) is 18.7. The third-order valence-corrected chi connectivity index (χ3v) is 8.01. The predicted octanol–water partition coefficient (Wildman–Crippen LogP) is 4.79. The van der Waals surface area contributed by atoms with Gasteiger partial charge in [0.1, 0.15) is 5.78 Å². The molecular weight excluding hydrogens is 390 g/mol. The zero-order chi connectivity index (χ0) is 21.0. The van der Waals surface area contributed by atoms with Gasteiger partial charge in [0, 0.05) is 24.3 Å². The van der Waals surface area contributed by atoms with Crippen molar-refractivity contribution in [2.24, 2.45) is 17.8 Å². The molecule has 0 unspecified atom stereocenters. The Morgan fingerprint density at radius 2 is 1.65 bits per heavy atom. The number of piperidine rings is 1. The Morgan fingerprint density at radius 1 is 0.903 bits per heavy atom. The number of rotatable bonds is 8. The zero-order valence-corrected chi connectivity index (χ0v) is 18.7. The summed E-state index contributed by atoms with van der Waals surface area (Å²) in [5.74, 6) is 4.96. The van der Waals surface area contributed by atoms with Crippen molar-refractivity contribution in [3.05, 3.63) is 23.8 Å². The highest BCUT2D eigenvalue weighted by Gasteiger charge is 2.29. The molecule has 0 spiro atoms. The van der Waals surface area contributed by atoms with E-state index in [4.69, 9.17) is 14.2 Å². The standard InChI is InChI=1S/C26H37NO4/c28-23(15-21-16-29-17-21)14-20-6-4-19(5-7-20)8-11-27-12-9-22(10-13-27)24-2-1-3-25-26(24)31-18-30-25/h1-3,19-22H,4-18H2. The Kier molecular flexibility index (Phi) is 6.80. The van der Waals surface area contributed by atoms with E-state index in [9.17, 15) is 4.79 Å². The Balaban J connectivity index is 0.995. The van der Waals surface area contributed by atoms with Gasteiger partial charge >= 0.3 is 0 Å². The molecule has 0 atom stereocenters. The van der Waals surface area contributed by atoms with E-state index >= 15 is 0 Å². The third kappa shape index (κ3) is 5.25. The number of Topliss-reactive ketones (excluding diaryl/α,β-unsaturated/α-hetero) is 1. The van der Waals surface area contributed by atoms with Crippen LogP contribution < -0.4 is 9.47 Å². The van der Waals surface area contributed by atoms with Crippen LogP contribution in [0.5, 0.6) is 11.5 Å². The lowest BCUT2D eigenvalue weighted by Crippen LogP contribution is -2.35. The second kappa shape index (κ2) is 9.91. The highest BCUT2D eigenvalue weighted by molar-refractivity contribution is 5.79. The van der Waals surface area contributed by atoms with Crippen molar-refractivity contribution in [3.8, 4) is 11.5 Å². The Hall–Kier alpha value is -1.59. The highest BCUT2D eigenvalue weighted by atomic mass is 16.7. The molecule has 3 heterocycles. The molecule has 1 aromatic carbocycles. The van der Waals surface area contributed by atoms with E-state index in [0.717, 1.165) is 43.5 Å². The summed E-state index contributed by atoms with van der Waals surface area (Å²) in [7, 11) is 0. The number of hydrogen-bond donors (Lipinski definition) is 0. The molecule has 1 saturated carbocycles. The molecule has 1 aromatic rings. The molecule has 0 radical (unpaired) electrons. The fourth-order valence-electron chi connectivity index (χ4n) is 5.96. The first-order chi connectivity index (χ1) is 15.2. The summed E-state index contributed by atoms with van der Waals surface area (Å²) in [5.41, 5.74) is 1.34. The minimum Gasteiger partial charge on any atom is -0.454 e. The van der Waals surface area contributed by atoms with Crippen LogP contribution in [0.15, 0.2) is 18.2 Å². The lowest BCUT2D eigenvalue weighted by molar-refractivity contribution is -0.125. The fraction of sp³-hybridized carbons (Fsp3) is 0.731. The van der Waals surface area contributed by atoms with E-state index in [2.05, 4.69) is 17.0 Å². The molecule has 0 N–H and O–H groups in total. The van der Waals surface area contributed by atoms with Crippen LogP contribution in [-0.2, 0) is 9.53 Å². The number of hydrogen-bond acceptors (Lipinski definition) is 5. The van der Waals surface area contributed by atoms with E-state index in [1.807, 2.05) is 6.07 Å². The van der Waals surface area contributed by atoms with Gasteiger partial charge in [0.2, 0.25) is 6.79 Å². The SMILES string of the molecule is O=C(CC1CCC(CCN2CCC(c3cccc4c3OCO4)CC2)CC1)CC1COC1. The van der Waals surface area contributed by atoms with Crippen molar-refractivity contribution in [1.29, 1.82) is 0 Å². The lowest BCUT2D eigenvalue weighted by atomic mass is 9.78. The third-order valence-electron chi connectivity index (χ3n) is 8.01. The number of benzene rings is 1. The topological polar surface area (TPSA) is 48.0 Å². The molecule has 31 heavy (non-hydrogen) atoms. The molecule has 3 aliphatic heterocycles. The second-order valence-corrected chi connectivity index (χ2v) is 10.2. The van der Waals surface area contributed by atoms with Crippen LogP contribution in [0.2, 0.25) is 0 Å². The monoisotopic (exact) mass is 427 g/mol. The largest absolute Gasteiger partial charge is 0.454 e. The second-order valence-electron chi connectivity index (χ2n) is 10.2. The van der Waals surface area contributed by atoms with Crippen LogP contribution in [0.3, 0.4) is 0 Å². The maximum atomic E-state index is 12.2. The average molecular weight is 428 g/mol. The molecule has 2 saturated heterocycles. The molecule has 170 valence electrons. The summed E-state index contributed by atoms with van der Waals surface area (Å²) in [5, 5.41) is 0. The summed E-state index contributed by atoms with van der Waals surface area (Å²) >= 11 is 0. The van der Waals surface area contributed by atoms with Crippen LogP contribution in [0.1, 0.15) is 69.3 Å². The summed E-state index contributed by atoms with van der Waals surface area (Å²) in [4.78, 5) is 14.9. The molecule has 4 aliphatic rings. The van der Waals surface area contributed by atoms with Crippen molar-refractivity contribution in [2.75, 3.05) is 39.6 Å². The molecule has 5 heteroatoms. The quantitative estimate of drug-likeness (QED) is 0.597. The van der Waals surface area contributed by atoms with Crippen molar-refractivity contribution in [3.63, 3.8) is 0 Å². The van der Waals surface area contributed by atoms with Crippen LogP contribution in [-0.4, -0.2) is 50.3 Å². The van der Waals surface area contributed by atoms with Gasteiger partial charge in [0.25, 0.3) is 0 Å². The number of ether oxygens (including phenoxy) is 3. The first kappa shape index (κ1) is 21.3. The summed E-state index contributed by atoms with van der Waals surface area (Å²) in [6, 6.07) is 6.33. The number of carbonyl (C=O) groups is 1. The van der Waals surface area contributed by atoms with E-state index in [-0.39, 0.29) is 0 Å². The van der Waals surface area contributed by atoms with Gasteiger partial charge in [0.05, 0.1) is 13.2 Å². The summed E-state index contributed by atoms with van der Waals surface area (Å²) < 4.78 is 16.5. The maximum Gasteiger partial charge on any atom is 0.231 e. The molecule has 1 aliphatic carbocycles. The normalized spacial score (nSPS) is 27.2.